The highest BCUT2D eigenvalue weighted by Gasteiger charge is 2.23. The third-order valence-corrected chi connectivity index (χ3v) is 6.54. The zero-order valence-corrected chi connectivity index (χ0v) is 16.7. The first-order valence-electron chi connectivity index (χ1n) is 8.90. The van der Waals surface area contributed by atoms with Gasteiger partial charge in [0.25, 0.3) is 0 Å². The summed E-state index contributed by atoms with van der Waals surface area (Å²) in [5.74, 6) is -0.425. The summed E-state index contributed by atoms with van der Waals surface area (Å²) < 4.78 is 40.8. The number of carbonyl (C=O) groups is 1. The highest BCUT2D eigenvalue weighted by Crippen LogP contribution is 2.21. The van der Waals surface area contributed by atoms with E-state index >= 15 is 0 Å². The van der Waals surface area contributed by atoms with Crippen LogP contribution in [0, 0.1) is 5.82 Å². The Bertz CT molecular complexity index is 947. The van der Waals surface area contributed by atoms with Gasteiger partial charge < -0.3 is 9.80 Å². The maximum Gasteiger partial charge on any atom is 0.242 e. The van der Waals surface area contributed by atoms with Crippen molar-refractivity contribution in [2.75, 3.05) is 37.6 Å². The van der Waals surface area contributed by atoms with Crippen molar-refractivity contribution < 1.29 is 17.6 Å². The molecule has 28 heavy (non-hydrogen) atoms. The van der Waals surface area contributed by atoms with Crippen molar-refractivity contribution in [3.63, 3.8) is 0 Å². The van der Waals surface area contributed by atoms with Crippen LogP contribution in [0.25, 0.3) is 0 Å². The van der Waals surface area contributed by atoms with E-state index in [0.29, 0.717) is 31.9 Å². The average Bonchev–Trinajstić information content (AvgIpc) is 2.68. The predicted molar refractivity (Wildman–Crippen MR) is 106 cm³/mol. The van der Waals surface area contributed by atoms with Crippen molar-refractivity contribution in [3.05, 3.63) is 59.4 Å². The summed E-state index contributed by atoms with van der Waals surface area (Å²) in [7, 11) is -3.77. The second-order valence-electron chi connectivity index (χ2n) is 6.40. The minimum Gasteiger partial charge on any atom is -0.366 e. The number of hydrogen-bond acceptors (Lipinski definition) is 4. The van der Waals surface area contributed by atoms with Crippen LogP contribution in [-0.2, 0) is 14.8 Å². The molecule has 6 nitrogen and oxygen atoms in total. The van der Waals surface area contributed by atoms with Gasteiger partial charge in [-0.1, -0.05) is 35.9 Å². The second-order valence-corrected chi connectivity index (χ2v) is 8.54. The lowest BCUT2D eigenvalue weighted by Gasteiger charge is -2.36. The number of amides is 1. The number of para-hydroxylation sites is 1. The molecule has 1 saturated heterocycles. The lowest BCUT2D eigenvalue weighted by atomic mass is 10.2. The monoisotopic (exact) mass is 425 g/mol. The molecule has 1 heterocycles. The number of hydrogen-bond donors (Lipinski definition) is 1. The standard InChI is InChI=1S/C19H21ClFN3O3S/c20-15-5-1-4-8-18(15)28(26,27)22-10-9-19(25)24-13-11-23(12-14-24)17-7-3-2-6-16(17)21/h1-8,22H,9-14H2. The Labute approximate surface area is 168 Å². The fourth-order valence-electron chi connectivity index (χ4n) is 3.10. The molecule has 0 spiro atoms. The molecule has 0 aliphatic carbocycles. The first-order chi connectivity index (χ1) is 13.4. The van der Waals surface area contributed by atoms with E-state index in [2.05, 4.69) is 4.72 Å². The largest absolute Gasteiger partial charge is 0.366 e. The fourth-order valence-corrected chi connectivity index (χ4v) is 4.65. The number of halogens is 2. The van der Waals surface area contributed by atoms with Crippen LogP contribution in [0.3, 0.4) is 0 Å². The third-order valence-electron chi connectivity index (χ3n) is 4.58. The summed E-state index contributed by atoms with van der Waals surface area (Å²) in [6, 6.07) is 12.7. The quantitative estimate of drug-likeness (QED) is 0.772. The molecule has 1 N–H and O–H groups in total. The molecule has 0 saturated carbocycles. The molecule has 0 radical (unpaired) electrons. The van der Waals surface area contributed by atoms with Gasteiger partial charge in [0, 0.05) is 39.1 Å². The van der Waals surface area contributed by atoms with Gasteiger partial charge in [0.05, 0.1) is 10.7 Å². The van der Waals surface area contributed by atoms with Gasteiger partial charge >= 0.3 is 0 Å². The van der Waals surface area contributed by atoms with Crippen molar-refractivity contribution in [1.82, 2.24) is 9.62 Å². The fraction of sp³-hybridized carbons (Fsp3) is 0.316. The van der Waals surface area contributed by atoms with Crippen molar-refractivity contribution in [3.8, 4) is 0 Å². The van der Waals surface area contributed by atoms with E-state index in [4.69, 9.17) is 11.6 Å². The highest BCUT2D eigenvalue weighted by atomic mass is 35.5. The average molecular weight is 426 g/mol. The predicted octanol–water partition coefficient (Wildman–Crippen LogP) is 2.50. The first-order valence-corrected chi connectivity index (χ1v) is 10.8. The highest BCUT2D eigenvalue weighted by molar-refractivity contribution is 7.89. The lowest BCUT2D eigenvalue weighted by Crippen LogP contribution is -2.49. The van der Waals surface area contributed by atoms with E-state index in [-0.39, 0.29) is 34.6 Å². The van der Waals surface area contributed by atoms with Crippen LogP contribution in [0.1, 0.15) is 6.42 Å². The number of sulfonamides is 1. The normalized spacial score (nSPS) is 14.9. The molecular weight excluding hydrogens is 405 g/mol. The molecule has 0 aromatic heterocycles. The lowest BCUT2D eigenvalue weighted by molar-refractivity contribution is -0.131. The number of piperazine rings is 1. The van der Waals surface area contributed by atoms with Gasteiger partial charge in [0.15, 0.2) is 0 Å². The summed E-state index contributed by atoms with van der Waals surface area (Å²) >= 11 is 5.92. The Morgan fingerprint density at radius 3 is 2.36 bits per heavy atom. The zero-order valence-electron chi connectivity index (χ0n) is 15.1. The molecule has 1 fully saturated rings. The minimum atomic E-state index is -3.77. The molecule has 3 rings (SSSR count). The second kappa shape index (κ2) is 8.89. The zero-order chi connectivity index (χ0) is 20.1. The summed E-state index contributed by atoms with van der Waals surface area (Å²) in [6.07, 6.45) is 0.0450. The molecule has 1 aliphatic heterocycles. The van der Waals surface area contributed by atoms with Crippen LogP contribution in [0.2, 0.25) is 5.02 Å². The molecule has 0 bridgehead atoms. The number of carbonyl (C=O) groups excluding carboxylic acids is 1. The van der Waals surface area contributed by atoms with Gasteiger partial charge in [0.1, 0.15) is 10.7 Å². The smallest absolute Gasteiger partial charge is 0.242 e. The van der Waals surface area contributed by atoms with E-state index in [9.17, 15) is 17.6 Å². The van der Waals surface area contributed by atoms with Gasteiger partial charge in [-0.3, -0.25) is 4.79 Å². The van der Waals surface area contributed by atoms with Gasteiger partial charge in [-0.25, -0.2) is 17.5 Å². The van der Waals surface area contributed by atoms with Gasteiger partial charge in [-0.2, -0.15) is 0 Å². The van der Waals surface area contributed by atoms with Crippen LogP contribution in [0.15, 0.2) is 53.4 Å². The maximum absolute atomic E-state index is 13.9. The Hall–Kier alpha value is -2.16. The maximum atomic E-state index is 13.9. The summed E-state index contributed by atoms with van der Waals surface area (Å²) in [4.78, 5) is 15.9. The number of benzene rings is 2. The third kappa shape index (κ3) is 4.81. The van der Waals surface area contributed by atoms with E-state index in [0.717, 1.165) is 0 Å². The van der Waals surface area contributed by atoms with E-state index < -0.39 is 10.0 Å². The number of rotatable bonds is 6. The molecule has 9 heteroatoms. The van der Waals surface area contributed by atoms with Crippen LogP contribution in [-0.4, -0.2) is 51.9 Å². The Kier molecular flexibility index (Phi) is 6.53. The van der Waals surface area contributed by atoms with Crippen LogP contribution >= 0.6 is 11.6 Å². The molecule has 0 unspecified atom stereocenters. The topological polar surface area (TPSA) is 69.7 Å². The Morgan fingerprint density at radius 2 is 1.68 bits per heavy atom. The SMILES string of the molecule is O=C(CCNS(=O)(=O)c1ccccc1Cl)N1CCN(c2ccccc2F)CC1. The molecule has 1 amide bonds. The number of nitrogens with zero attached hydrogens (tertiary/aromatic N) is 2. The van der Waals surface area contributed by atoms with Gasteiger partial charge in [-0.15, -0.1) is 0 Å². The summed E-state index contributed by atoms with van der Waals surface area (Å²) in [5, 5.41) is 0.130. The molecule has 1 aliphatic rings. The summed E-state index contributed by atoms with van der Waals surface area (Å²) in [5.41, 5.74) is 0.530. The van der Waals surface area contributed by atoms with Crippen molar-refractivity contribution >= 4 is 33.2 Å². The molecule has 2 aromatic rings. The number of anilines is 1. The van der Waals surface area contributed by atoms with Crippen LogP contribution in [0.4, 0.5) is 10.1 Å². The van der Waals surface area contributed by atoms with Crippen LogP contribution in [0.5, 0.6) is 0 Å². The Balaban J connectivity index is 1.49. The van der Waals surface area contributed by atoms with Crippen molar-refractivity contribution in [1.29, 1.82) is 0 Å². The molecule has 2 aromatic carbocycles. The molecular formula is C19H21ClFN3O3S. The molecule has 0 atom stereocenters. The van der Waals surface area contributed by atoms with Crippen molar-refractivity contribution in [2.45, 2.75) is 11.3 Å². The van der Waals surface area contributed by atoms with Gasteiger partial charge in [0.2, 0.25) is 15.9 Å². The van der Waals surface area contributed by atoms with E-state index in [1.165, 1.54) is 18.2 Å². The first kappa shape index (κ1) is 20.6. The molecule has 150 valence electrons. The van der Waals surface area contributed by atoms with E-state index in [1.54, 1.807) is 35.2 Å². The van der Waals surface area contributed by atoms with E-state index in [1.807, 2.05) is 4.90 Å². The van der Waals surface area contributed by atoms with Crippen LogP contribution < -0.4 is 9.62 Å². The number of nitrogens with one attached hydrogen (secondary N) is 1. The summed E-state index contributed by atoms with van der Waals surface area (Å²) in [6.45, 7) is 1.96. The van der Waals surface area contributed by atoms with Gasteiger partial charge in [-0.05, 0) is 24.3 Å². The minimum absolute atomic E-state index is 0.0115. The Morgan fingerprint density at radius 1 is 1.04 bits per heavy atom. The van der Waals surface area contributed by atoms with Crippen molar-refractivity contribution in [2.24, 2.45) is 0 Å².